The number of carbonyl (C=O) groups is 2. The molecule has 1 unspecified atom stereocenters. The van der Waals surface area contributed by atoms with Gasteiger partial charge in [0, 0.05) is 0 Å². The van der Waals surface area contributed by atoms with E-state index in [-0.39, 0.29) is 11.6 Å². The zero-order valence-corrected chi connectivity index (χ0v) is 21.8. The molecular weight excluding hydrogens is 473 g/mol. The summed E-state index contributed by atoms with van der Waals surface area (Å²) in [5.41, 5.74) is 1.04. The number of nitrogens with one attached hydrogen (secondary N) is 1. The number of rotatable bonds is 8. The summed E-state index contributed by atoms with van der Waals surface area (Å²) in [4.78, 5) is 27.0. The van der Waals surface area contributed by atoms with Crippen LogP contribution in [0.1, 0.15) is 28.6 Å². The molecule has 0 aliphatic carbocycles. The predicted octanol–water partition coefficient (Wildman–Crippen LogP) is 5.55. The number of methoxy groups -OCH3 is 1. The summed E-state index contributed by atoms with van der Waals surface area (Å²) >= 11 is 1.29. The Morgan fingerprint density at radius 1 is 0.857 bits per heavy atom. The van der Waals surface area contributed by atoms with Crippen molar-refractivity contribution in [3.05, 3.63) is 107 Å². The lowest BCUT2D eigenvalue weighted by Crippen LogP contribution is -2.44. The number of hydrogen-bond donors (Lipinski definition) is 1. The van der Waals surface area contributed by atoms with Gasteiger partial charge in [0.1, 0.15) is 28.1 Å². The minimum atomic E-state index is -2.42. The molecule has 0 radical (unpaired) electrons. The van der Waals surface area contributed by atoms with Crippen LogP contribution in [0.4, 0.5) is 5.69 Å². The summed E-state index contributed by atoms with van der Waals surface area (Å²) in [6.45, 7) is 3.96. The van der Waals surface area contributed by atoms with E-state index in [1.807, 2.05) is 66.9 Å². The van der Waals surface area contributed by atoms with Gasteiger partial charge in [-0.05, 0) is 60.7 Å². The van der Waals surface area contributed by atoms with Crippen LogP contribution in [0.5, 0.6) is 0 Å². The Morgan fingerprint density at radius 2 is 1.31 bits per heavy atom. The number of ether oxygens (including phenoxy) is 1. The molecule has 1 N–H and O–H groups in total. The molecule has 0 spiro atoms. The molecular formula is C29H29NO3PS+. The van der Waals surface area contributed by atoms with Crippen molar-refractivity contribution in [2.75, 3.05) is 12.4 Å². The lowest BCUT2D eigenvalue weighted by atomic mass is 10.2. The molecule has 0 aliphatic rings. The van der Waals surface area contributed by atoms with Crippen LogP contribution in [-0.2, 0) is 9.53 Å². The van der Waals surface area contributed by atoms with Crippen molar-refractivity contribution in [3.8, 4) is 0 Å². The second-order valence-corrected chi connectivity index (χ2v) is 12.8. The lowest BCUT2D eigenvalue weighted by molar-refractivity contribution is -0.115. The minimum Gasteiger partial charge on any atom is -0.465 e. The Kier molecular flexibility index (Phi) is 7.80. The van der Waals surface area contributed by atoms with Crippen molar-refractivity contribution >= 4 is 52.1 Å². The number of hydrogen-bond acceptors (Lipinski definition) is 4. The van der Waals surface area contributed by atoms with E-state index in [1.54, 1.807) is 0 Å². The highest BCUT2D eigenvalue weighted by Crippen LogP contribution is 2.61. The molecule has 1 atom stereocenters. The maximum absolute atomic E-state index is 14.2. The van der Waals surface area contributed by atoms with Gasteiger partial charge in [0.25, 0.3) is 5.91 Å². The Bertz CT molecular complexity index is 1190. The van der Waals surface area contributed by atoms with E-state index in [2.05, 4.69) is 48.6 Å². The van der Waals surface area contributed by atoms with Crippen molar-refractivity contribution in [2.45, 2.75) is 25.9 Å². The highest BCUT2D eigenvalue weighted by molar-refractivity contribution is 7.96. The van der Waals surface area contributed by atoms with Gasteiger partial charge in [0.05, 0.1) is 12.8 Å². The van der Waals surface area contributed by atoms with Gasteiger partial charge < -0.3 is 10.1 Å². The average Bonchev–Trinajstić information content (AvgIpc) is 3.27. The second-order valence-electron chi connectivity index (χ2n) is 8.26. The molecule has 6 heteroatoms. The average molecular weight is 503 g/mol. The quantitative estimate of drug-likeness (QED) is 0.254. The van der Waals surface area contributed by atoms with E-state index in [9.17, 15) is 9.59 Å². The fourth-order valence-corrected chi connectivity index (χ4v) is 10.4. The third kappa shape index (κ3) is 4.67. The van der Waals surface area contributed by atoms with Gasteiger partial charge in [-0.2, -0.15) is 0 Å². The van der Waals surface area contributed by atoms with Gasteiger partial charge in [-0.1, -0.05) is 61.5 Å². The van der Waals surface area contributed by atoms with Crippen molar-refractivity contribution < 1.29 is 14.3 Å². The number of benzene rings is 3. The maximum atomic E-state index is 14.2. The van der Waals surface area contributed by atoms with Crippen molar-refractivity contribution in [1.29, 1.82) is 0 Å². The number of anilines is 1. The third-order valence-corrected chi connectivity index (χ3v) is 12.2. The van der Waals surface area contributed by atoms with Gasteiger partial charge >= 0.3 is 5.97 Å². The molecule has 0 saturated heterocycles. The number of aryl methyl sites for hydroxylation is 1. The highest BCUT2D eigenvalue weighted by Gasteiger charge is 2.54. The lowest BCUT2D eigenvalue weighted by Gasteiger charge is -2.33. The first-order chi connectivity index (χ1) is 17.0. The van der Waals surface area contributed by atoms with Crippen LogP contribution >= 0.6 is 18.6 Å². The Morgan fingerprint density at radius 3 is 1.71 bits per heavy atom. The molecule has 4 nitrogen and oxygen atoms in total. The monoisotopic (exact) mass is 502 g/mol. The summed E-state index contributed by atoms with van der Waals surface area (Å²) in [5.74, 6) is -0.536. The van der Waals surface area contributed by atoms with Gasteiger partial charge in [-0.3, -0.25) is 4.79 Å². The fourth-order valence-electron chi connectivity index (χ4n) is 4.66. The van der Waals surface area contributed by atoms with Crippen molar-refractivity contribution in [3.63, 3.8) is 0 Å². The van der Waals surface area contributed by atoms with Crippen LogP contribution in [0.25, 0.3) is 0 Å². The normalized spacial score (nSPS) is 12.1. The SMILES string of the molecule is CCC(C(=O)Nc1c(C)csc1C(=O)OC)[P+](c1ccccc1)(c1ccccc1)c1ccccc1. The van der Waals surface area contributed by atoms with Gasteiger partial charge in [0.2, 0.25) is 0 Å². The summed E-state index contributed by atoms with van der Waals surface area (Å²) < 4.78 is 4.96. The van der Waals surface area contributed by atoms with Crippen molar-refractivity contribution in [1.82, 2.24) is 0 Å². The third-order valence-electron chi connectivity index (χ3n) is 6.24. The van der Waals surface area contributed by atoms with E-state index in [0.29, 0.717) is 17.0 Å². The van der Waals surface area contributed by atoms with Gasteiger partial charge in [-0.25, -0.2) is 4.79 Å². The predicted molar refractivity (Wildman–Crippen MR) is 148 cm³/mol. The van der Waals surface area contributed by atoms with Crippen LogP contribution in [0.3, 0.4) is 0 Å². The summed E-state index contributed by atoms with van der Waals surface area (Å²) in [5, 5.41) is 8.45. The number of carbonyl (C=O) groups excluding carboxylic acids is 2. The van der Waals surface area contributed by atoms with E-state index < -0.39 is 13.2 Å². The van der Waals surface area contributed by atoms with Crippen LogP contribution in [0.2, 0.25) is 0 Å². The number of thiophene rings is 1. The smallest absolute Gasteiger partial charge is 0.350 e. The zero-order valence-electron chi connectivity index (χ0n) is 20.1. The molecule has 35 heavy (non-hydrogen) atoms. The standard InChI is InChI=1S/C29H28NO3PS/c1-4-25(28(31)30-26-21(2)20-35-27(26)29(32)33-3)34(22-14-8-5-9-15-22,23-16-10-6-11-17-23)24-18-12-7-13-19-24/h5-20,25H,4H2,1-3H3/p+1. The number of amides is 1. The molecule has 0 bridgehead atoms. The molecule has 0 fully saturated rings. The van der Waals surface area contributed by atoms with Crippen LogP contribution in [0.15, 0.2) is 96.4 Å². The first-order valence-electron chi connectivity index (χ1n) is 11.6. The molecule has 1 amide bonds. The largest absolute Gasteiger partial charge is 0.465 e. The zero-order chi connectivity index (χ0) is 24.8. The summed E-state index contributed by atoms with van der Waals surface area (Å²) in [6.07, 6.45) is 0.634. The van der Waals surface area contributed by atoms with Crippen LogP contribution < -0.4 is 21.2 Å². The van der Waals surface area contributed by atoms with Crippen LogP contribution in [-0.4, -0.2) is 24.6 Å². The number of esters is 1. The molecule has 1 aromatic heterocycles. The first kappa shape index (κ1) is 24.8. The van der Waals surface area contributed by atoms with E-state index in [0.717, 1.165) is 21.5 Å². The second kappa shape index (κ2) is 11.0. The Labute approximate surface area is 211 Å². The molecule has 178 valence electrons. The Hall–Kier alpha value is -3.27. The van der Waals surface area contributed by atoms with Gasteiger partial charge in [-0.15, -0.1) is 11.3 Å². The van der Waals surface area contributed by atoms with E-state index in [4.69, 9.17) is 4.74 Å². The van der Waals surface area contributed by atoms with Gasteiger partial charge in [0.15, 0.2) is 5.66 Å². The Balaban J connectivity index is 1.93. The van der Waals surface area contributed by atoms with Crippen LogP contribution in [0, 0.1) is 6.92 Å². The summed E-state index contributed by atoms with van der Waals surface area (Å²) in [6, 6.07) is 31.1. The highest BCUT2D eigenvalue weighted by atomic mass is 32.1. The van der Waals surface area contributed by atoms with Crippen molar-refractivity contribution in [2.24, 2.45) is 0 Å². The minimum absolute atomic E-state index is 0.0935. The summed E-state index contributed by atoms with van der Waals surface area (Å²) in [7, 11) is -1.07. The molecule has 0 aliphatic heterocycles. The topological polar surface area (TPSA) is 55.4 Å². The first-order valence-corrected chi connectivity index (χ1v) is 14.3. The molecule has 3 aromatic carbocycles. The molecule has 0 saturated carbocycles. The molecule has 4 aromatic rings. The maximum Gasteiger partial charge on any atom is 0.350 e. The van der Waals surface area contributed by atoms with E-state index in [1.165, 1.54) is 18.4 Å². The molecule has 1 heterocycles. The van der Waals surface area contributed by atoms with E-state index >= 15 is 0 Å². The molecule has 4 rings (SSSR count). The fraction of sp³-hybridized carbons (Fsp3) is 0.172.